The Morgan fingerprint density at radius 1 is 1.44 bits per heavy atom. The van der Waals surface area contributed by atoms with Gasteiger partial charge in [0.25, 0.3) is 0 Å². The van der Waals surface area contributed by atoms with Crippen molar-refractivity contribution in [1.82, 2.24) is 4.72 Å². The van der Waals surface area contributed by atoms with Gasteiger partial charge in [-0.3, -0.25) is 9.00 Å². The molecule has 16 heavy (non-hydrogen) atoms. The third-order valence-electron chi connectivity index (χ3n) is 2.53. The summed E-state index contributed by atoms with van der Waals surface area (Å²) in [7, 11) is -4.69. The van der Waals surface area contributed by atoms with Crippen LogP contribution in [0.2, 0.25) is 0 Å². The molecule has 0 radical (unpaired) electrons. The molecule has 0 aromatic heterocycles. The number of sulfonamides is 1. The number of carboxylic acids is 1. The summed E-state index contributed by atoms with van der Waals surface area (Å²) in [5.41, 5.74) is 0. The molecule has 2 N–H and O–H groups in total. The minimum atomic E-state index is -3.83. The summed E-state index contributed by atoms with van der Waals surface area (Å²) in [5.74, 6) is -0.435. The van der Waals surface area contributed by atoms with Gasteiger partial charge in [-0.2, -0.15) is 0 Å². The molecule has 1 heterocycles. The van der Waals surface area contributed by atoms with Crippen LogP contribution in [0.25, 0.3) is 0 Å². The number of hydrogen-bond acceptors (Lipinski definition) is 4. The van der Waals surface area contributed by atoms with Gasteiger partial charge in [-0.05, 0) is 19.8 Å². The molecule has 0 aromatic carbocycles. The first-order valence-corrected chi connectivity index (χ1v) is 7.95. The highest BCUT2D eigenvalue weighted by Gasteiger charge is 2.31. The third kappa shape index (κ3) is 3.53. The Balaban J connectivity index is 2.60. The topological polar surface area (TPSA) is 101 Å². The van der Waals surface area contributed by atoms with Crippen LogP contribution in [-0.2, 0) is 25.6 Å². The lowest BCUT2D eigenvalue weighted by Gasteiger charge is -2.23. The zero-order valence-electron chi connectivity index (χ0n) is 8.88. The van der Waals surface area contributed by atoms with Gasteiger partial charge in [0.15, 0.2) is 5.25 Å². The number of nitrogens with one attached hydrogen (secondary N) is 1. The highest BCUT2D eigenvalue weighted by molar-refractivity contribution is 7.90. The van der Waals surface area contributed by atoms with Gasteiger partial charge in [0, 0.05) is 28.3 Å². The minimum absolute atomic E-state index is 0.288. The average molecular weight is 269 g/mol. The zero-order valence-corrected chi connectivity index (χ0v) is 10.5. The van der Waals surface area contributed by atoms with E-state index in [9.17, 15) is 17.4 Å². The molecular formula is C8H15NO5S2. The molecule has 6 nitrogen and oxygen atoms in total. The van der Waals surface area contributed by atoms with Crippen LogP contribution in [0.4, 0.5) is 0 Å². The maximum absolute atomic E-state index is 11.6. The molecule has 1 aliphatic rings. The minimum Gasteiger partial charge on any atom is -0.480 e. The Morgan fingerprint density at radius 2 is 1.94 bits per heavy atom. The van der Waals surface area contributed by atoms with Gasteiger partial charge in [0.1, 0.15) is 0 Å². The SMILES string of the molecule is CC(C(=O)O)S(=O)(=O)NC1CCS(=O)CC1. The van der Waals surface area contributed by atoms with Crippen LogP contribution >= 0.6 is 0 Å². The number of aliphatic carboxylic acids is 1. The highest BCUT2D eigenvalue weighted by atomic mass is 32.2. The second-order valence-corrected chi connectivity index (χ2v) is 7.49. The molecular weight excluding hydrogens is 254 g/mol. The average Bonchev–Trinajstić information content (AvgIpc) is 2.20. The third-order valence-corrected chi connectivity index (χ3v) is 5.71. The molecule has 0 saturated carbocycles. The molecule has 1 atom stereocenters. The van der Waals surface area contributed by atoms with Crippen molar-refractivity contribution in [3.05, 3.63) is 0 Å². The highest BCUT2D eigenvalue weighted by Crippen LogP contribution is 2.11. The number of carbonyl (C=O) groups is 1. The summed E-state index contributed by atoms with van der Waals surface area (Å²) >= 11 is 0. The molecule has 0 aromatic rings. The van der Waals surface area contributed by atoms with Crippen LogP contribution in [0.5, 0.6) is 0 Å². The second kappa shape index (κ2) is 5.24. The first-order valence-electron chi connectivity index (χ1n) is 4.92. The number of hydrogen-bond donors (Lipinski definition) is 2. The fraction of sp³-hybridized carbons (Fsp3) is 0.875. The largest absolute Gasteiger partial charge is 0.480 e. The smallest absolute Gasteiger partial charge is 0.323 e. The molecule has 1 unspecified atom stereocenters. The predicted octanol–water partition coefficient (Wildman–Crippen LogP) is -0.710. The van der Waals surface area contributed by atoms with E-state index < -0.39 is 32.0 Å². The van der Waals surface area contributed by atoms with Crippen LogP contribution in [-0.4, -0.2) is 46.5 Å². The van der Waals surface area contributed by atoms with Crippen molar-refractivity contribution in [3.8, 4) is 0 Å². The molecule has 1 fully saturated rings. The maximum atomic E-state index is 11.6. The van der Waals surface area contributed by atoms with Crippen LogP contribution in [0.3, 0.4) is 0 Å². The Labute approximate surface area is 96.9 Å². The van der Waals surface area contributed by atoms with Crippen molar-refractivity contribution in [2.75, 3.05) is 11.5 Å². The number of rotatable bonds is 4. The molecule has 0 spiro atoms. The lowest BCUT2D eigenvalue weighted by atomic mass is 10.2. The van der Waals surface area contributed by atoms with E-state index in [0.717, 1.165) is 6.92 Å². The Hall–Kier alpha value is -0.470. The second-order valence-electron chi connectivity index (χ2n) is 3.77. The van der Waals surface area contributed by atoms with Crippen LogP contribution < -0.4 is 4.72 Å². The van der Waals surface area contributed by atoms with E-state index in [-0.39, 0.29) is 6.04 Å². The van der Waals surface area contributed by atoms with Gasteiger partial charge in [0.05, 0.1) is 0 Å². The molecule has 0 bridgehead atoms. The van der Waals surface area contributed by atoms with E-state index in [0.29, 0.717) is 24.3 Å². The Kier molecular flexibility index (Phi) is 4.45. The van der Waals surface area contributed by atoms with Crippen molar-refractivity contribution >= 4 is 26.8 Å². The molecule has 0 aliphatic carbocycles. The summed E-state index contributed by atoms with van der Waals surface area (Å²) in [6.45, 7) is 1.13. The van der Waals surface area contributed by atoms with E-state index in [1.165, 1.54) is 0 Å². The summed E-state index contributed by atoms with van der Waals surface area (Å²) < 4.78 is 36.5. The fourth-order valence-corrected chi connectivity index (χ4v) is 3.85. The van der Waals surface area contributed by atoms with Crippen molar-refractivity contribution in [2.24, 2.45) is 0 Å². The van der Waals surface area contributed by atoms with Crippen LogP contribution in [0.15, 0.2) is 0 Å². The predicted molar refractivity (Wildman–Crippen MR) is 60.1 cm³/mol. The van der Waals surface area contributed by atoms with Crippen molar-refractivity contribution in [1.29, 1.82) is 0 Å². The lowest BCUT2D eigenvalue weighted by Crippen LogP contribution is -2.45. The Morgan fingerprint density at radius 3 is 2.38 bits per heavy atom. The van der Waals surface area contributed by atoms with E-state index in [1.54, 1.807) is 0 Å². The van der Waals surface area contributed by atoms with Gasteiger partial charge in [0.2, 0.25) is 10.0 Å². The van der Waals surface area contributed by atoms with Crippen molar-refractivity contribution in [3.63, 3.8) is 0 Å². The van der Waals surface area contributed by atoms with Gasteiger partial charge in [-0.25, -0.2) is 13.1 Å². The van der Waals surface area contributed by atoms with E-state index in [4.69, 9.17) is 5.11 Å². The first-order chi connectivity index (χ1) is 7.33. The standard InChI is InChI=1S/C8H15NO5S2/c1-6(8(10)11)16(13,14)9-7-2-4-15(12)5-3-7/h6-7,9H,2-5H2,1H3,(H,10,11). The zero-order chi connectivity index (χ0) is 12.3. The van der Waals surface area contributed by atoms with Crippen LogP contribution in [0, 0.1) is 0 Å². The Bertz CT molecular complexity index is 381. The summed E-state index contributed by atoms with van der Waals surface area (Å²) in [6.07, 6.45) is 0.996. The molecule has 0 amide bonds. The monoisotopic (exact) mass is 269 g/mol. The quantitative estimate of drug-likeness (QED) is 0.702. The van der Waals surface area contributed by atoms with Crippen molar-refractivity contribution in [2.45, 2.75) is 31.1 Å². The van der Waals surface area contributed by atoms with E-state index in [2.05, 4.69) is 4.72 Å². The fourth-order valence-electron chi connectivity index (χ4n) is 1.38. The summed E-state index contributed by atoms with van der Waals surface area (Å²) in [6, 6.07) is -0.288. The summed E-state index contributed by atoms with van der Waals surface area (Å²) in [5, 5.41) is 7.16. The molecule has 94 valence electrons. The van der Waals surface area contributed by atoms with Gasteiger partial charge < -0.3 is 5.11 Å². The molecule has 1 rings (SSSR count). The van der Waals surface area contributed by atoms with Gasteiger partial charge in [-0.15, -0.1) is 0 Å². The summed E-state index contributed by atoms with van der Waals surface area (Å²) in [4.78, 5) is 10.6. The van der Waals surface area contributed by atoms with Crippen LogP contribution in [0.1, 0.15) is 19.8 Å². The number of carboxylic acid groups (broad SMARTS) is 1. The normalized spacial score (nSPS) is 28.6. The molecule has 1 saturated heterocycles. The van der Waals surface area contributed by atoms with Gasteiger partial charge >= 0.3 is 5.97 Å². The van der Waals surface area contributed by atoms with E-state index >= 15 is 0 Å². The maximum Gasteiger partial charge on any atom is 0.323 e. The lowest BCUT2D eigenvalue weighted by molar-refractivity contribution is -0.136. The first kappa shape index (κ1) is 13.6. The molecule has 8 heteroatoms. The van der Waals surface area contributed by atoms with Gasteiger partial charge in [-0.1, -0.05) is 0 Å². The molecule has 1 aliphatic heterocycles. The van der Waals surface area contributed by atoms with E-state index in [1.807, 2.05) is 0 Å². The van der Waals surface area contributed by atoms with Crippen molar-refractivity contribution < 1.29 is 22.5 Å².